The summed E-state index contributed by atoms with van der Waals surface area (Å²) < 4.78 is 0. The summed E-state index contributed by atoms with van der Waals surface area (Å²) in [6.45, 7) is 1.12. The van der Waals surface area contributed by atoms with E-state index in [1.807, 2.05) is 30.3 Å². The minimum Gasteiger partial charge on any atom is -0.339 e. The SMILES string of the molecule is O=C(Nc1ccc(C(=O)N2CCC(C(=O)Nc3ccccc3)CC2)cc1)C1CC1. The zero-order chi connectivity index (χ0) is 20.2. The fourth-order valence-electron chi connectivity index (χ4n) is 3.58. The quantitative estimate of drug-likeness (QED) is 0.818. The van der Waals surface area contributed by atoms with Crippen LogP contribution in [0, 0.1) is 11.8 Å². The molecule has 2 aliphatic rings. The van der Waals surface area contributed by atoms with Crippen molar-refractivity contribution in [2.45, 2.75) is 25.7 Å². The van der Waals surface area contributed by atoms with Gasteiger partial charge in [-0.05, 0) is 62.1 Å². The molecule has 4 rings (SSSR count). The monoisotopic (exact) mass is 391 g/mol. The number of likely N-dealkylation sites (tertiary alicyclic amines) is 1. The zero-order valence-electron chi connectivity index (χ0n) is 16.3. The number of para-hydroxylation sites is 1. The highest BCUT2D eigenvalue weighted by atomic mass is 16.2. The van der Waals surface area contributed by atoms with Crippen molar-refractivity contribution < 1.29 is 14.4 Å². The highest BCUT2D eigenvalue weighted by Gasteiger charge is 2.30. The second kappa shape index (κ2) is 8.47. The van der Waals surface area contributed by atoms with Gasteiger partial charge in [-0.3, -0.25) is 14.4 Å². The molecule has 1 saturated carbocycles. The summed E-state index contributed by atoms with van der Waals surface area (Å²) in [6, 6.07) is 16.5. The van der Waals surface area contributed by atoms with E-state index < -0.39 is 0 Å². The van der Waals surface area contributed by atoms with E-state index in [1.54, 1.807) is 29.2 Å². The highest BCUT2D eigenvalue weighted by Crippen LogP contribution is 2.30. The lowest BCUT2D eigenvalue weighted by atomic mass is 9.95. The molecule has 2 N–H and O–H groups in total. The van der Waals surface area contributed by atoms with Gasteiger partial charge in [-0.1, -0.05) is 18.2 Å². The van der Waals surface area contributed by atoms with Crippen LogP contribution in [0.15, 0.2) is 54.6 Å². The first-order chi connectivity index (χ1) is 14.1. The van der Waals surface area contributed by atoms with Gasteiger partial charge in [0.25, 0.3) is 5.91 Å². The molecule has 0 spiro atoms. The molecule has 1 aliphatic carbocycles. The smallest absolute Gasteiger partial charge is 0.253 e. The van der Waals surface area contributed by atoms with Gasteiger partial charge >= 0.3 is 0 Å². The maximum absolute atomic E-state index is 12.8. The molecule has 6 nitrogen and oxygen atoms in total. The summed E-state index contributed by atoms with van der Waals surface area (Å²) in [7, 11) is 0. The Hall–Kier alpha value is -3.15. The first kappa shape index (κ1) is 19.2. The number of hydrogen-bond donors (Lipinski definition) is 2. The predicted molar refractivity (Wildman–Crippen MR) is 111 cm³/mol. The van der Waals surface area contributed by atoms with Crippen molar-refractivity contribution in [3.8, 4) is 0 Å². The number of piperidine rings is 1. The first-order valence-electron chi connectivity index (χ1n) is 10.2. The molecule has 2 aromatic carbocycles. The average molecular weight is 391 g/mol. The fourth-order valence-corrected chi connectivity index (χ4v) is 3.58. The van der Waals surface area contributed by atoms with Crippen molar-refractivity contribution in [1.29, 1.82) is 0 Å². The van der Waals surface area contributed by atoms with Gasteiger partial charge in [-0.2, -0.15) is 0 Å². The first-order valence-corrected chi connectivity index (χ1v) is 10.2. The standard InChI is InChI=1S/C23H25N3O3/c27-21(16-6-7-16)25-20-10-8-18(9-11-20)23(29)26-14-12-17(13-15-26)22(28)24-19-4-2-1-3-5-19/h1-5,8-11,16-17H,6-7,12-15H2,(H,24,28)(H,25,27). The van der Waals surface area contributed by atoms with Crippen molar-refractivity contribution in [3.63, 3.8) is 0 Å². The van der Waals surface area contributed by atoms with Crippen LogP contribution in [0.1, 0.15) is 36.0 Å². The Morgan fingerprint density at radius 3 is 1.76 bits per heavy atom. The number of anilines is 2. The summed E-state index contributed by atoms with van der Waals surface area (Å²) in [6.07, 6.45) is 3.23. The minimum absolute atomic E-state index is 0.0130. The predicted octanol–water partition coefficient (Wildman–Crippen LogP) is 3.53. The number of carbonyl (C=O) groups excluding carboxylic acids is 3. The molecule has 0 unspecified atom stereocenters. The van der Waals surface area contributed by atoms with Crippen LogP contribution in [0.5, 0.6) is 0 Å². The zero-order valence-corrected chi connectivity index (χ0v) is 16.3. The summed E-state index contributed by atoms with van der Waals surface area (Å²) in [4.78, 5) is 38.8. The van der Waals surface area contributed by atoms with Gasteiger partial charge in [0, 0.05) is 41.9 Å². The Kier molecular flexibility index (Phi) is 5.60. The lowest BCUT2D eigenvalue weighted by Gasteiger charge is -2.31. The van der Waals surface area contributed by atoms with Crippen molar-refractivity contribution >= 4 is 29.1 Å². The molecular formula is C23H25N3O3. The maximum atomic E-state index is 12.8. The molecule has 0 aromatic heterocycles. The van der Waals surface area contributed by atoms with Crippen LogP contribution in [-0.4, -0.2) is 35.7 Å². The molecule has 29 heavy (non-hydrogen) atoms. The van der Waals surface area contributed by atoms with Crippen molar-refractivity contribution in [2.24, 2.45) is 11.8 Å². The number of benzene rings is 2. The third-order valence-corrected chi connectivity index (χ3v) is 5.54. The molecule has 1 aliphatic heterocycles. The number of amides is 3. The van der Waals surface area contributed by atoms with Crippen LogP contribution in [0.4, 0.5) is 11.4 Å². The van der Waals surface area contributed by atoms with Gasteiger partial charge in [0.15, 0.2) is 0 Å². The van der Waals surface area contributed by atoms with Crippen molar-refractivity contribution in [3.05, 3.63) is 60.2 Å². The molecule has 6 heteroatoms. The number of carbonyl (C=O) groups is 3. The van der Waals surface area contributed by atoms with Gasteiger partial charge in [-0.15, -0.1) is 0 Å². The maximum Gasteiger partial charge on any atom is 0.253 e. The summed E-state index contributed by atoms with van der Waals surface area (Å²) >= 11 is 0. The van der Waals surface area contributed by atoms with E-state index >= 15 is 0 Å². The van der Waals surface area contributed by atoms with Crippen LogP contribution in [0.3, 0.4) is 0 Å². The molecule has 0 radical (unpaired) electrons. The number of nitrogens with zero attached hydrogens (tertiary/aromatic N) is 1. The van der Waals surface area contributed by atoms with Crippen LogP contribution in [-0.2, 0) is 9.59 Å². The van der Waals surface area contributed by atoms with E-state index in [0.29, 0.717) is 31.5 Å². The molecule has 2 fully saturated rings. The highest BCUT2D eigenvalue weighted by molar-refractivity contribution is 5.97. The Balaban J connectivity index is 1.28. The Morgan fingerprint density at radius 2 is 1.21 bits per heavy atom. The second-order valence-corrected chi connectivity index (χ2v) is 7.76. The van der Waals surface area contributed by atoms with Gasteiger partial charge in [0.1, 0.15) is 0 Å². The Morgan fingerprint density at radius 1 is 0.690 bits per heavy atom. The second-order valence-electron chi connectivity index (χ2n) is 7.76. The fraction of sp³-hybridized carbons (Fsp3) is 0.348. The van der Waals surface area contributed by atoms with Gasteiger partial charge in [0.2, 0.25) is 11.8 Å². The molecule has 1 heterocycles. The largest absolute Gasteiger partial charge is 0.339 e. The van der Waals surface area contributed by atoms with Crippen LogP contribution >= 0.6 is 0 Å². The molecular weight excluding hydrogens is 366 g/mol. The topological polar surface area (TPSA) is 78.5 Å². The minimum atomic E-state index is -0.0840. The molecule has 2 aromatic rings. The molecule has 1 saturated heterocycles. The summed E-state index contributed by atoms with van der Waals surface area (Å²) in [5, 5.41) is 5.82. The third kappa shape index (κ3) is 4.83. The number of rotatable bonds is 5. The van der Waals surface area contributed by atoms with E-state index in [4.69, 9.17) is 0 Å². The lowest BCUT2D eigenvalue weighted by Crippen LogP contribution is -2.41. The average Bonchev–Trinajstić information content (AvgIpc) is 3.60. The summed E-state index contributed by atoms with van der Waals surface area (Å²) in [5.41, 5.74) is 2.11. The molecule has 3 amide bonds. The molecule has 0 atom stereocenters. The van der Waals surface area contributed by atoms with E-state index in [1.165, 1.54) is 0 Å². The summed E-state index contributed by atoms with van der Waals surface area (Å²) in [5.74, 6) is 0.0990. The van der Waals surface area contributed by atoms with Gasteiger partial charge in [-0.25, -0.2) is 0 Å². The molecule has 150 valence electrons. The van der Waals surface area contributed by atoms with Crippen LogP contribution in [0.25, 0.3) is 0 Å². The van der Waals surface area contributed by atoms with E-state index in [0.717, 1.165) is 24.2 Å². The third-order valence-electron chi connectivity index (χ3n) is 5.54. The number of hydrogen-bond acceptors (Lipinski definition) is 3. The number of nitrogens with one attached hydrogen (secondary N) is 2. The van der Waals surface area contributed by atoms with E-state index in [9.17, 15) is 14.4 Å². The molecule has 0 bridgehead atoms. The van der Waals surface area contributed by atoms with Crippen LogP contribution < -0.4 is 10.6 Å². The Labute approximate surface area is 170 Å². The van der Waals surface area contributed by atoms with Crippen LogP contribution in [0.2, 0.25) is 0 Å². The van der Waals surface area contributed by atoms with Crippen molar-refractivity contribution in [1.82, 2.24) is 4.90 Å². The van der Waals surface area contributed by atoms with Gasteiger partial charge in [0.05, 0.1) is 0 Å². The lowest BCUT2D eigenvalue weighted by molar-refractivity contribution is -0.121. The van der Waals surface area contributed by atoms with Gasteiger partial charge < -0.3 is 15.5 Å². The van der Waals surface area contributed by atoms with E-state index in [2.05, 4.69) is 10.6 Å². The normalized spacial score (nSPS) is 16.9. The Bertz CT molecular complexity index is 883. The van der Waals surface area contributed by atoms with Crippen molar-refractivity contribution in [2.75, 3.05) is 23.7 Å². The van der Waals surface area contributed by atoms with E-state index in [-0.39, 0.29) is 29.6 Å².